The minimum Gasteiger partial charge on any atom is -0.506 e. The molecule has 154 valence electrons. The van der Waals surface area contributed by atoms with E-state index in [2.05, 4.69) is 9.97 Å². The van der Waals surface area contributed by atoms with Crippen LogP contribution in [-0.2, 0) is 17.8 Å². The van der Waals surface area contributed by atoms with Gasteiger partial charge in [0.2, 0.25) is 5.91 Å². The van der Waals surface area contributed by atoms with Gasteiger partial charge in [-0.3, -0.25) is 4.79 Å². The van der Waals surface area contributed by atoms with Crippen LogP contribution in [0.3, 0.4) is 0 Å². The molecule has 0 unspecified atom stereocenters. The minimum absolute atomic E-state index is 0.00503. The number of aromatic nitrogens is 2. The standard InChI is InChI=1S/C22H23N5O2S/c1-26(2)8-9-27(14-16-6-4-3-5-7-16)20(29)11-18-15-30-22(25-18)21-19(28)10-17(12-23)13-24-21/h3-7,10,13,15,28H,8-9,11,14H2,1-2H3. The number of rotatable bonds is 8. The topological polar surface area (TPSA) is 93.3 Å². The van der Waals surface area contributed by atoms with E-state index >= 15 is 0 Å². The first-order valence-electron chi connectivity index (χ1n) is 9.46. The molecule has 1 N–H and O–H groups in total. The van der Waals surface area contributed by atoms with Crippen molar-refractivity contribution < 1.29 is 9.90 Å². The van der Waals surface area contributed by atoms with Crippen LogP contribution in [0.15, 0.2) is 48.0 Å². The molecule has 0 saturated carbocycles. The van der Waals surface area contributed by atoms with Gasteiger partial charge < -0.3 is 14.9 Å². The lowest BCUT2D eigenvalue weighted by molar-refractivity contribution is -0.131. The molecule has 2 heterocycles. The number of hydrogen-bond donors (Lipinski definition) is 1. The molecular formula is C22H23N5O2S. The highest BCUT2D eigenvalue weighted by Crippen LogP contribution is 2.30. The average molecular weight is 422 g/mol. The first-order chi connectivity index (χ1) is 14.5. The highest BCUT2D eigenvalue weighted by Gasteiger charge is 2.18. The van der Waals surface area contributed by atoms with E-state index in [0.717, 1.165) is 12.1 Å². The molecule has 0 bridgehead atoms. The molecule has 1 amide bonds. The second-order valence-corrected chi connectivity index (χ2v) is 7.99. The van der Waals surface area contributed by atoms with E-state index in [1.54, 1.807) is 5.38 Å². The van der Waals surface area contributed by atoms with Gasteiger partial charge in [-0.2, -0.15) is 5.26 Å². The predicted octanol–water partition coefficient (Wildman–Crippen LogP) is 2.92. The summed E-state index contributed by atoms with van der Waals surface area (Å²) in [4.78, 5) is 25.5. The van der Waals surface area contributed by atoms with E-state index in [1.165, 1.54) is 23.6 Å². The van der Waals surface area contributed by atoms with Gasteiger partial charge in [0.25, 0.3) is 0 Å². The molecule has 1 aromatic carbocycles. The van der Waals surface area contributed by atoms with Gasteiger partial charge in [0.15, 0.2) is 0 Å². The van der Waals surface area contributed by atoms with Gasteiger partial charge in [0.1, 0.15) is 22.5 Å². The first-order valence-corrected chi connectivity index (χ1v) is 10.3. The summed E-state index contributed by atoms with van der Waals surface area (Å²) in [6.45, 7) is 1.93. The van der Waals surface area contributed by atoms with Crippen molar-refractivity contribution in [3.8, 4) is 22.5 Å². The summed E-state index contributed by atoms with van der Waals surface area (Å²) in [6, 6.07) is 13.2. The van der Waals surface area contributed by atoms with Crippen molar-refractivity contribution in [1.29, 1.82) is 5.26 Å². The zero-order valence-corrected chi connectivity index (χ0v) is 17.8. The third kappa shape index (κ3) is 5.63. The van der Waals surface area contributed by atoms with Crippen LogP contribution in [0.5, 0.6) is 5.75 Å². The summed E-state index contributed by atoms with van der Waals surface area (Å²) < 4.78 is 0. The van der Waals surface area contributed by atoms with Crippen molar-refractivity contribution in [1.82, 2.24) is 19.8 Å². The van der Waals surface area contributed by atoms with Crippen molar-refractivity contribution >= 4 is 17.2 Å². The Morgan fingerprint density at radius 3 is 2.67 bits per heavy atom. The van der Waals surface area contributed by atoms with Gasteiger partial charge in [-0.25, -0.2) is 9.97 Å². The van der Waals surface area contributed by atoms with Gasteiger partial charge in [-0.1, -0.05) is 30.3 Å². The van der Waals surface area contributed by atoms with Crippen LogP contribution in [0.4, 0.5) is 0 Å². The molecule has 3 aromatic rings. The summed E-state index contributed by atoms with van der Waals surface area (Å²) in [7, 11) is 3.96. The number of nitriles is 1. The van der Waals surface area contributed by atoms with E-state index in [9.17, 15) is 9.90 Å². The lowest BCUT2D eigenvalue weighted by atomic mass is 10.2. The zero-order chi connectivity index (χ0) is 21.5. The summed E-state index contributed by atoms with van der Waals surface area (Å²) in [5, 5.41) is 21.3. The maximum absolute atomic E-state index is 13.0. The molecule has 7 nitrogen and oxygen atoms in total. The van der Waals surface area contributed by atoms with Crippen LogP contribution in [0.1, 0.15) is 16.8 Å². The minimum atomic E-state index is -0.0991. The Hall–Kier alpha value is -3.28. The summed E-state index contributed by atoms with van der Waals surface area (Å²) in [5.74, 6) is -0.104. The summed E-state index contributed by atoms with van der Waals surface area (Å²) >= 11 is 1.31. The van der Waals surface area contributed by atoms with Crippen molar-refractivity contribution in [2.75, 3.05) is 27.2 Å². The van der Waals surface area contributed by atoms with Gasteiger partial charge in [0, 0.05) is 37.3 Å². The molecular weight excluding hydrogens is 398 g/mol. The maximum Gasteiger partial charge on any atom is 0.228 e. The Morgan fingerprint density at radius 1 is 1.23 bits per heavy atom. The molecule has 0 radical (unpaired) electrons. The molecule has 0 atom stereocenters. The van der Waals surface area contributed by atoms with E-state index in [4.69, 9.17) is 5.26 Å². The average Bonchev–Trinajstić information content (AvgIpc) is 3.19. The van der Waals surface area contributed by atoms with Crippen LogP contribution >= 0.6 is 11.3 Å². The zero-order valence-electron chi connectivity index (χ0n) is 16.9. The van der Waals surface area contributed by atoms with Crippen LogP contribution in [0.25, 0.3) is 10.7 Å². The van der Waals surface area contributed by atoms with Crippen LogP contribution in [-0.4, -0.2) is 58.0 Å². The Labute approximate surface area is 179 Å². The third-order valence-electron chi connectivity index (χ3n) is 4.47. The largest absolute Gasteiger partial charge is 0.506 e. The number of nitrogens with zero attached hydrogens (tertiary/aromatic N) is 5. The Balaban J connectivity index is 1.73. The monoisotopic (exact) mass is 421 g/mol. The van der Waals surface area contributed by atoms with E-state index < -0.39 is 0 Å². The fourth-order valence-electron chi connectivity index (χ4n) is 2.86. The van der Waals surface area contributed by atoms with E-state index in [-0.39, 0.29) is 23.6 Å². The fraction of sp³-hybridized carbons (Fsp3) is 0.273. The van der Waals surface area contributed by atoms with Crippen LogP contribution in [0.2, 0.25) is 0 Å². The Kier molecular flexibility index (Phi) is 7.12. The number of carbonyl (C=O) groups is 1. The Morgan fingerprint density at radius 2 is 2.00 bits per heavy atom. The van der Waals surface area contributed by atoms with Gasteiger partial charge >= 0.3 is 0 Å². The molecule has 0 aliphatic rings. The summed E-state index contributed by atoms with van der Waals surface area (Å²) in [5.41, 5.74) is 2.30. The number of aromatic hydroxyl groups is 1. The molecule has 3 rings (SSSR count). The van der Waals surface area contributed by atoms with Gasteiger partial charge in [0.05, 0.1) is 17.7 Å². The summed E-state index contributed by atoms with van der Waals surface area (Å²) in [6.07, 6.45) is 1.57. The molecule has 0 saturated heterocycles. The number of benzene rings is 1. The molecule has 30 heavy (non-hydrogen) atoms. The number of likely N-dealkylation sites (N-methyl/N-ethyl adjacent to an activating group) is 1. The van der Waals surface area contributed by atoms with E-state index in [1.807, 2.05) is 60.3 Å². The Bertz CT molecular complexity index is 1040. The van der Waals surface area contributed by atoms with Gasteiger partial charge in [-0.15, -0.1) is 11.3 Å². The van der Waals surface area contributed by atoms with E-state index in [0.29, 0.717) is 29.5 Å². The lowest BCUT2D eigenvalue weighted by Crippen LogP contribution is -2.37. The van der Waals surface area contributed by atoms with Crippen molar-refractivity contribution in [3.63, 3.8) is 0 Å². The van der Waals surface area contributed by atoms with Gasteiger partial charge in [-0.05, 0) is 19.7 Å². The van der Waals surface area contributed by atoms with Crippen molar-refractivity contribution in [2.24, 2.45) is 0 Å². The third-order valence-corrected chi connectivity index (χ3v) is 5.37. The lowest BCUT2D eigenvalue weighted by Gasteiger charge is -2.24. The fourth-order valence-corrected chi connectivity index (χ4v) is 3.68. The normalized spacial score (nSPS) is 10.7. The predicted molar refractivity (Wildman–Crippen MR) is 116 cm³/mol. The van der Waals surface area contributed by atoms with Crippen LogP contribution in [0, 0.1) is 11.3 Å². The number of amides is 1. The highest BCUT2D eigenvalue weighted by atomic mass is 32.1. The maximum atomic E-state index is 13.0. The molecule has 0 fully saturated rings. The van der Waals surface area contributed by atoms with Crippen molar-refractivity contribution in [2.45, 2.75) is 13.0 Å². The second kappa shape index (κ2) is 9.96. The first kappa shape index (κ1) is 21.4. The number of hydrogen-bond acceptors (Lipinski definition) is 7. The molecule has 8 heteroatoms. The molecule has 2 aromatic heterocycles. The molecule has 0 aliphatic heterocycles. The number of pyridine rings is 1. The number of carbonyl (C=O) groups excluding carboxylic acids is 1. The van der Waals surface area contributed by atoms with Crippen molar-refractivity contribution in [3.05, 3.63) is 64.8 Å². The number of thiazole rings is 1. The SMILES string of the molecule is CN(C)CCN(Cc1ccccc1)C(=O)Cc1csc(-c2ncc(C#N)cc2O)n1. The second-order valence-electron chi connectivity index (χ2n) is 7.13. The highest BCUT2D eigenvalue weighted by molar-refractivity contribution is 7.13. The molecule has 0 aliphatic carbocycles. The smallest absolute Gasteiger partial charge is 0.228 e. The molecule has 0 spiro atoms. The quantitative estimate of drug-likeness (QED) is 0.601. The van der Waals surface area contributed by atoms with Crippen LogP contribution < -0.4 is 0 Å².